The third kappa shape index (κ3) is 4.70. The minimum absolute atomic E-state index is 0.0768. The zero-order chi connectivity index (χ0) is 21.0. The van der Waals surface area contributed by atoms with E-state index in [0.717, 1.165) is 12.1 Å². The van der Waals surface area contributed by atoms with Crippen molar-refractivity contribution >= 4 is 29.0 Å². The third-order valence-electron chi connectivity index (χ3n) is 4.16. The smallest absolute Gasteiger partial charge is 0.255 e. The van der Waals surface area contributed by atoms with Gasteiger partial charge >= 0.3 is 0 Å². The summed E-state index contributed by atoms with van der Waals surface area (Å²) in [6.45, 7) is 1.45. The van der Waals surface area contributed by atoms with Gasteiger partial charge in [-0.05, 0) is 67.6 Å². The number of hydrogen-bond acceptors (Lipinski definition) is 3. The predicted octanol–water partition coefficient (Wildman–Crippen LogP) is 4.67. The number of carbonyl (C=O) groups excluding carboxylic acids is 3. The molecule has 2 N–H and O–H groups in total. The van der Waals surface area contributed by atoms with Gasteiger partial charge < -0.3 is 10.6 Å². The molecule has 0 saturated carbocycles. The quantitative estimate of drug-likeness (QED) is 0.618. The minimum Gasteiger partial charge on any atom is -0.322 e. The van der Waals surface area contributed by atoms with E-state index in [1.54, 1.807) is 24.3 Å². The Morgan fingerprint density at radius 1 is 0.655 bits per heavy atom. The molecule has 2 amide bonds. The van der Waals surface area contributed by atoms with Crippen molar-refractivity contribution in [2.24, 2.45) is 0 Å². The van der Waals surface area contributed by atoms with Gasteiger partial charge in [-0.2, -0.15) is 0 Å². The highest BCUT2D eigenvalue weighted by Crippen LogP contribution is 2.19. The molecule has 0 heterocycles. The first-order chi connectivity index (χ1) is 13.8. The second kappa shape index (κ2) is 8.43. The third-order valence-corrected chi connectivity index (χ3v) is 4.16. The van der Waals surface area contributed by atoms with Crippen LogP contribution in [0.4, 0.5) is 20.2 Å². The highest BCUT2D eigenvalue weighted by Gasteiger charge is 2.14. The van der Waals surface area contributed by atoms with Crippen molar-refractivity contribution in [3.8, 4) is 0 Å². The summed E-state index contributed by atoms with van der Waals surface area (Å²) in [6.07, 6.45) is 0. The lowest BCUT2D eigenvalue weighted by Crippen LogP contribution is -2.15. The number of amides is 2. The van der Waals surface area contributed by atoms with Gasteiger partial charge in [-0.15, -0.1) is 0 Å². The molecule has 0 radical (unpaired) electrons. The van der Waals surface area contributed by atoms with Crippen LogP contribution in [0.1, 0.15) is 38.0 Å². The van der Waals surface area contributed by atoms with E-state index in [1.807, 2.05) is 0 Å². The summed E-state index contributed by atoms with van der Waals surface area (Å²) in [5, 5.41) is 4.86. The van der Waals surface area contributed by atoms with Crippen molar-refractivity contribution < 1.29 is 23.2 Å². The fraction of sp³-hybridized carbons (Fsp3) is 0.0455. The van der Waals surface area contributed by atoms with E-state index in [0.29, 0.717) is 11.3 Å². The van der Waals surface area contributed by atoms with Crippen LogP contribution in [0, 0.1) is 11.6 Å². The van der Waals surface area contributed by atoms with Gasteiger partial charge in [0.1, 0.15) is 17.3 Å². The van der Waals surface area contributed by atoms with Gasteiger partial charge in [-0.1, -0.05) is 6.07 Å². The second-order valence-electron chi connectivity index (χ2n) is 6.22. The minimum atomic E-state index is -0.884. The number of Topliss-reactive ketones (excluding diaryl/α,β-unsaturated/α-hetero) is 1. The fourth-order valence-electron chi connectivity index (χ4n) is 2.57. The van der Waals surface area contributed by atoms with Crippen molar-refractivity contribution in [3.63, 3.8) is 0 Å². The lowest BCUT2D eigenvalue weighted by atomic mass is 10.1. The molecule has 0 atom stereocenters. The topological polar surface area (TPSA) is 75.3 Å². The maximum atomic E-state index is 13.6. The summed E-state index contributed by atoms with van der Waals surface area (Å²) in [7, 11) is 0. The van der Waals surface area contributed by atoms with Crippen LogP contribution in [0.15, 0.2) is 66.7 Å². The number of anilines is 2. The number of rotatable bonds is 5. The molecule has 3 aromatic carbocycles. The molecule has 29 heavy (non-hydrogen) atoms. The van der Waals surface area contributed by atoms with Crippen LogP contribution in [0.5, 0.6) is 0 Å². The predicted molar refractivity (Wildman–Crippen MR) is 105 cm³/mol. The first kappa shape index (κ1) is 19.9. The highest BCUT2D eigenvalue weighted by molar-refractivity contribution is 6.07. The van der Waals surface area contributed by atoms with Crippen molar-refractivity contribution in [1.82, 2.24) is 0 Å². The van der Waals surface area contributed by atoms with E-state index in [1.165, 1.54) is 37.3 Å². The Kier molecular flexibility index (Phi) is 5.78. The molecule has 3 aromatic rings. The summed E-state index contributed by atoms with van der Waals surface area (Å²) >= 11 is 0. The highest BCUT2D eigenvalue weighted by atomic mass is 19.1. The van der Waals surface area contributed by atoms with Crippen LogP contribution in [0.3, 0.4) is 0 Å². The molecule has 0 aliphatic carbocycles. The summed E-state index contributed by atoms with van der Waals surface area (Å²) in [6, 6.07) is 15.3. The Balaban J connectivity index is 1.68. The van der Waals surface area contributed by atoms with Gasteiger partial charge in [0.2, 0.25) is 0 Å². The number of hydrogen-bond donors (Lipinski definition) is 2. The van der Waals surface area contributed by atoms with E-state index in [2.05, 4.69) is 10.6 Å². The molecule has 3 rings (SSSR count). The van der Waals surface area contributed by atoms with Gasteiger partial charge in [-0.25, -0.2) is 8.78 Å². The number of carbonyl (C=O) groups is 3. The van der Waals surface area contributed by atoms with Gasteiger partial charge in [0.05, 0.1) is 0 Å². The molecule has 0 unspecified atom stereocenters. The van der Waals surface area contributed by atoms with E-state index in [9.17, 15) is 23.2 Å². The van der Waals surface area contributed by atoms with Crippen molar-refractivity contribution in [3.05, 3.63) is 95.1 Å². The zero-order valence-electron chi connectivity index (χ0n) is 15.3. The van der Waals surface area contributed by atoms with E-state index in [-0.39, 0.29) is 16.9 Å². The molecule has 0 fully saturated rings. The lowest BCUT2D eigenvalue weighted by molar-refractivity contribution is 0.101. The van der Waals surface area contributed by atoms with E-state index < -0.39 is 29.1 Å². The van der Waals surface area contributed by atoms with Gasteiger partial charge in [0, 0.05) is 22.4 Å². The zero-order valence-corrected chi connectivity index (χ0v) is 15.3. The lowest BCUT2D eigenvalue weighted by Gasteiger charge is -2.09. The Morgan fingerprint density at radius 2 is 1.10 bits per heavy atom. The van der Waals surface area contributed by atoms with Crippen LogP contribution < -0.4 is 10.6 Å². The molecule has 0 aromatic heterocycles. The SMILES string of the molecule is CC(=O)c1ccc(NC(=O)c2ccc(C(=O)Nc3c(F)cccc3F)cc2)cc1. The molecule has 146 valence electrons. The van der Waals surface area contributed by atoms with Gasteiger partial charge in [0.25, 0.3) is 11.8 Å². The summed E-state index contributed by atoms with van der Waals surface area (Å²) in [4.78, 5) is 35.8. The van der Waals surface area contributed by atoms with E-state index in [4.69, 9.17) is 0 Å². The molecule has 0 spiro atoms. The molecule has 0 saturated heterocycles. The Hall–Kier alpha value is -3.87. The van der Waals surface area contributed by atoms with Crippen molar-refractivity contribution in [2.45, 2.75) is 6.92 Å². The van der Waals surface area contributed by atoms with Crippen LogP contribution in [-0.4, -0.2) is 17.6 Å². The Morgan fingerprint density at radius 3 is 1.59 bits per heavy atom. The van der Waals surface area contributed by atoms with Crippen molar-refractivity contribution in [1.29, 1.82) is 0 Å². The summed E-state index contributed by atoms with van der Waals surface area (Å²) < 4.78 is 27.3. The maximum absolute atomic E-state index is 13.6. The van der Waals surface area contributed by atoms with Crippen LogP contribution in [0.25, 0.3) is 0 Å². The largest absolute Gasteiger partial charge is 0.322 e. The normalized spacial score (nSPS) is 10.3. The molecule has 5 nitrogen and oxygen atoms in total. The standard InChI is InChI=1S/C22H16F2N2O3/c1-13(27)14-9-11-17(12-10-14)25-21(28)15-5-7-16(8-6-15)22(29)26-20-18(23)3-2-4-19(20)24/h2-12H,1H3,(H,25,28)(H,26,29). The number of benzene rings is 3. The molecule has 0 bridgehead atoms. The average Bonchev–Trinajstić information content (AvgIpc) is 2.71. The number of para-hydroxylation sites is 1. The first-order valence-electron chi connectivity index (χ1n) is 8.63. The molecule has 0 aliphatic heterocycles. The van der Waals surface area contributed by atoms with Gasteiger partial charge in [-0.3, -0.25) is 14.4 Å². The second-order valence-corrected chi connectivity index (χ2v) is 6.22. The number of nitrogens with one attached hydrogen (secondary N) is 2. The summed E-state index contributed by atoms with van der Waals surface area (Å²) in [5.41, 5.74) is 0.930. The number of ketones is 1. The summed E-state index contributed by atoms with van der Waals surface area (Å²) in [5.74, 6) is -2.96. The monoisotopic (exact) mass is 394 g/mol. The van der Waals surface area contributed by atoms with Crippen LogP contribution in [0.2, 0.25) is 0 Å². The average molecular weight is 394 g/mol. The van der Waals surface area contributed by atoms with E-state index >= 15 is 0 Å². The van der Waals surface area contributed by atoms with Crippen molar-refractivity contribution in [2.75, 3.05) is 10.6 Å². The van der Waals surface area contributed by atoms with Crippen LogP contribution in [-0.2, 0) is 0 Å². The Bertz CT molecular complexity index is 1060. The fourth-order valence-corrected chi connectivity index (χ4v) is 2.57. The van der Waals surface area contributed by atoms with Crippen LogP contribution >= 0.6 is 0 Å². The molecular weight excluding hydrogens is 378 g/mol. The molecule has 7 heteroatoms. The molecular formula is C22H16F2N2O3. The number of halogens is 2. The van der Waals surface area contributed by atoms with Gasteiger partial charge in [0.15, 0.2) is 5.78 Å². The maximum Gasteiger partial charge on any atom is 0.255 e. The Labute approximate surface area is 165 Å². The molecule has 0 aliphatic rings. The first-order valence-corrected chi connectivity index (χ1v) is 8.63.